The number of thiocarbonyl (C=S) groups is 1. The van der Waals surface area contributed by atoms with Gasteiger partial charge in [0, 0.05) is 13.1 Å². The van der Waals surface area contributed by atoms with E-state index in [1.165, 1.54) is 11.8 Å². The fourth-order valence-electron chi connectivity index (χ4n) is 1.80. The largest absolute Gasteiger partial charge is 0.494 e. The Morgan fingerprint density at radius 2 is 1.93 bits per heavy atom. The number of ether oxygens (including phenoxy) is 1. The molecule has 27 heavy (non-hydrogen) atoms. The Bertz CT molecular complexity index is 721. The van der Waals surface area contributed by atoms with Gasteiger partial charge in [-0.15, -0.1) is 0 Å². The van der Waals surface area contributed by atoms with Crippen molar-refractivity contribution in [1.29, 1.82) is 0 Å². The molecule has 1 fully saturated rings. The molecule has 1 amide bonds. The van der Waals surface area contributed by atoms with Crippen LogP contribution < -0.4 is 10.5 Å². The molecule has 1 aromatic carbocycles. The highest BCUT2D eigenvalue weighted by Crippen LogP contribution is 2.32. The van der Waals surface area contributed by atoms with Crippen molar-refractivity contribution < 1.29 is 32.6 Å². The fraction of sp³-hybridized carbons (Fsp3) is 0.312. The average molecular weight is 422 g/mol. The van der Waals surface area contributed by atoms with E-state index in [1.54, 1.807) is 4.90 Å². The van der Waals surface area contributed by atoms with E-state index in [9.17, 15) is 18.0 Å². The number of halogens is 3. The van der Waals surface area contributed by atoms with Crippen molar-refractivity contribution in [1.82, 2.24) is 4.90 Å². The Balaban J connectivity index is 0.000000445. The summed E-state index contributed by atoms with van der Waals surface area (Å²) in [6.07, 6.45) is -3.24. The molecule has 2 rings (SSSR count). The Labute approximate surface area is 163 Å². The van der Waals surface area contributed by atoms with Crippen LogP contribution in [0.4, 0.5) is 13.2 Å². The second-order valence-corrected chi connectivity index (χ2v) is 6.60. The van der Waals surface area contributed by atoms with Gasteiger partial charge in [0.1, 0.15) is 10.1 Å². The summed E-state index contributed by atoms with van der Waals surface area (Å²) in [5, 5.41) is 7.12. The number of benzene rings is 1. The van der Waals surface area contributed by atoms with E-state index in [2.05, 4.69) is 0 Å². The van der Waals surface area contributed by atoms with Crippen molar-refractivity contribution in [3.8, 4) is 5.75 Å². The normalized spacial score (nSPS) is 15.6. The first kappa shape index (κ1) is 22.9. The Morgan fingerprint density at radius 3 is 2.37 bits per heavy atom. The van der Waals surface area contributed by atoms with Gasteiger partial charge in [-0.25, -0.2) is 4.79 Å². The van der Waals surface area contributed by atoms with Crippen molar-refractivity contribution >= 4 is 46.3 Å². The van der Waals surface area contributed by atoms with Crippen molar-refractivity contribution in [2.75, 3.05) is 19.7 Å². The van der Waals surface area contributed by atoms with E-state index in [0.29, 0.717) is 28.9 Å². The summed E-state index contributed by atoms with van der Waals surface area (Å²) >= 11 is 6.50. The number of carbonyl (C=O) groups excluding carboxylic acids is 1. The minimum absolute atomic E-state index is 0.0701. The maximum atomic E-state index is 12.1. The number of rotatable bonds is 5. The van der Waals surface area contributed by atoms with Gasteiger partial charge < -0.3 is 15.6 Å². The summed E-state index contributed by atoms with van der Waals surface area (Å²) in [5.74, 6) is -2.01. The zero-order chi connectivity index (χ0) is 20.6. The Kier molecular flexibility index (Phi) is 8.73. The summed E-state index contributed by atoms with van der Waals surface area (Å²) in [6.45, 7) is 3.45. The van der Waals surface area contributed by atoms with Crippen molar-refractivity contribution in [3.63, 3.8) is 0 Å². The summed E-state index contributed by atoms with van der Waals surface area (Å²) in [4.78, 5) is 23.2. The van der Waals surface area contributed by atoms with Crippen LogP contribution in [0.1, 0.15) is 12.5 Å². The van der Waals surface area contributed by atoms with Crippen LogP contribution >= 0.6 is 24.0 Å². The molecule has 1 saturated heterocycles. The number of alkyl halides is 3. The van der Waals surface area contributed by atoms with Gasteiger partial charge in [-0.2, -0.15) is 13.2 Å². The molecule has 0 aromatic heterocycles. The number of aliphatic carboxylic acids is 1. The maximum Gasteiger partial charge on any atom is 0.490 e. The third-order valence-corrected chi connectivity index (χ3v) is 4.34. The van der Waals surface area contributed by atoms with Crippen LogP contribution in [0.3, 0.4) is 0 Å². The molecule has 1 aliphatic heterocycles. The fourth-order valence-corrected chi connectivity index (χ4v) is 3.11. The lowest BCUT2D eigenvalue weighted by molar-refractivity contribution is -0.192. The first-order chi connectivity index (χ1) is 12.6. The van der Waals surface area contributed by atoms with E-state index < -0.39 is 12.1 Å². The number of nitrogens with two attached hydrogens (primary N) is 1. The molecule has 0 unspecified atom stereocenters. The number of hydrogen-bond acceptors (Lipinski definition) is 6. The zero-order valence-corrected chi connectivity index (χ0v) is 15.8. The second-order valence-electron chi connectivity index (χ2n) is 4.93. The van der Waals surface area contributed by atoms with E-state index in [-0.39, 0.29) is 5.91 Å². The monoisotopic (exact) mass is 422 g/mol. The number of hydrogen-bond donors (Lipinski definition) is 2. The highest BCUT2D eigenvalue weighted by molar-refractivity contribution is 8.26. The van der Waals surface area contributed by atoms with Gasteiger partial charge in [-0.05, 0) is 30.7 Å². The van der Waals surface area contributed by atoms with E-state index in [4.69, 9.17) is 32.6 Å². The third kappa shape index (κ3) is 7.19. The number of carboxylic acid groups (broad SMARTS) is 1. The molecule has 0 radical (unpaired) electrons. The quantitative estimate of drug-likeness (QED) is 0.557. The van der Waals surface area contributed by atoms with Crippen LogP contribution in [-0.4, -0.2) is 52.1 Å². The standard InChI is InChI=1S/C14H16N2O2S2.C2HF3O2/c1-2-18-11-5-3-10(4-6-11)9-12-13(17)16(8-7-15)14(19)20-12;3-2(4,5)1(6)7/h3-6,9H,2,7-8,15H2,1H3;(H,6,7)/b12-9-;. The van der Waals surface area contributed by atoms with Gasteiger partial charge >= 0.3 is 12.1 Å². The van der Waals surface area contributed by atoms with E-state index >= 15 is 0 Å². The summed E-state index contributed by atoms with van der Waals surface area (Å²) in [5.41, 5.74) is 6.43. The molecular formula is C16H17F3N2O4S2. The van der Waals surface area contributed by atoms with Crippen LogP contribution in [0.15, 0.2) is 29.2 Å². The lowest BCUT2D eigenvalue weighted by atomic mass is 10.2. The van der Waals surface area contributed by atoms with Crippen molar-refractivity contribution in [2.24, 2.45) is 5.73 Å². The van der Waals surface area contributed by atoms with E-state index in [0.717, 1.165) is 11.3 Å². The smallest absolute Gasteiger partial charge is 0.490 e. The predicted octanol–water partition coefficient (Wildman–Crippen LogP) is 2.88. The molecule has 148 valence electrons. The van der Waals surface area contributed by atoms with Gasteiger partial charge in [0.15, 0.2) is 0 Å². The minimum atomic E-state index is -5.08. The van der Waals surface area contributed by atoms with Crippen LogP contribution in [-0.2, 0) is 9.59 Å². The summed E-state index contributed by atoms with van der Waals surface area (Å²) < 4.78 is 37.7. The molecule has 0 aliphatic carbocycles. The van der Waals surface area contributed by atoms with Crippen molar-refractivity contribution in [2.45, 2.75) is 13.1 Å². The molecule has 0 bridgehead atoms. The first-order valence-electron chi connectivity index (χ1n) is 7.58. The molecule has 1 aliphatic rings. The molecule has 6 nitrogen and oxygen atoms in total. The van der Waals surface area contributed by atoms with Gasteiger partial charge in [-0.3, -0.25) is 9.69 Å². The molecule has 11 heteroatoms. The lowest BCUT2D eigenvalue weighted by Gasteiger charge is -2.11. The summed E-state index contributed by atoms with van der Waals surface area (Å²) in [6, 6.07) is 7.60. The third-order valence-electron chi connectivity index (χ3n) is 2.96. The number of nitrogens with zero attached hydrogens (tertiary/aromatic N) is 1. The van der Waals surface area contributed by atoms with Crippen LogP contribution in [0.25, 0.3) is 6.08 Å². The maximum absolute atomic E-state index is 12.1. The molecule has 0 spiro atoms. The Hall–Kier alpha value is -2.11. The average Bonchev–Trinajstić information content (AvgIpc) is 2.84. The lowest BCUT2D eigenvalue weighted by Crippen LogP contribution is -2.32. The SMILES string of the molecule is CCOc1ccc(/C=C2\SC(=S)N(CCN)C2=O)cc1.O=C(O)C(F)(F)F. The zero-order valence-electron chi connectivity index (χ0n) is 14.2. The molecular weight excluding hydrogens is 405 g/mol. The topological polar surface area (TPSA) is 92.9 Å². The van der Waals surface area contributed by atoms with Crippen LogP contribution in [0.5, 0.6) is 5.75 Å². The van der Waals surface area contributed by atoms with Gasteiger partial charge in [0.25, 0.3) is 5.91 Å². The molecule has 1 aromatic rings. The van der Waals surface area contributed by atoms with Gasteiger partial charge in [0.05, 0.1) is 11.5 Å². The van der Waals surface area contributed by atoms with Crippen LogP contribution in [0, 0.1) is 0 Å². The van der Waals surface area contributed by atoms with Crippen LogP contribution in [0.2, 0.25) is 0 Å². The summed E-state index contributed by atoms with van der Waals surface area (Å²) in [7, 11) is 0. The van der Waals surface area contributed by atoms with Gasteiger partial charge in [-0.1, -0.05) is 36.1 Å². The minimum Gasteiger partial charge on any atom is -0.494 e. The first-order valence-corrected chi connectivity index (χ1v) is 8.81. The highest BCUT2D eigenvalue weighted by Gasteiger charge is 2.38. The number of thioether (sulfide) groups is 1. The Morgan fingerprint density at radius 1 is 1.37 bits per heavy atom. The number of carboxylic acids is 1. The molecule has 0 atom stereocenters. The molecule has 0 saturated carbocycles. The highest BCUT2D eigenvalue weighted by atomic mass is 32.2. The second kappa shape index (κ2) is 10.3. The molecule has 1 heterocycles. The number of carbonyl (C=O) groups is 2. The molecule has 3 N–H and O–H groups in total. The van der Waals surface area contributed by atoms with Crippen molar-refractivity contribution in [3.05, 3.63) is 34.7 Å². The predicted molar refractivity (Wildman–Crippen MR) is 100 cm³/mol. The number of amides is 1. The van der Waals surface area contributed by atoms with Gasteiger partial charge in [0.2, 0.25) is 0 Å². The van der Waals surface area contributed by atoms with E-state index in [1.807, 2.05) is 37.3 Å².